The summed E-state index contributed by atoms with van der Waals surface area (Å²) < 4.78 is 26.3. The van der Waals surface area contributed by atoms with E-state index in [0.29, 0.717) is 6.04 Å². The first kappa shape index (κ1) is 21.0. The molecule has 1 fully saturated rings. The van der Waals surface area contributed by atoms with Crippen molar-refractivity contribution in [3.8, 4) is 0 Å². The van der Waals surface area contributed by atoms with Crippen LogP contribution in [0.5, 0.6) is 0 Å². The van der Waals surface area contributed by atoms with E-state index >= 15 is 0 Å². The van der Waals surface area contributed by atoms with Gasteiger partial charge < -0.3 is 10.6 Å². The van der Waals surface area contributed by atoms with Crippen molar-refractivity contribution in [1.29, 1.82) is 0 Å². The highest BCUT2D eigenvalue weighted by molar-refractivity contribution is 5.94. The Morgan fingerprint density at radius 1 is 0.897 bits per heavy atom. The maximum absolute atomic E-state index is 13.3. The van der Waals surface area contributed by atoms with E-state index in [4.69, 9.17) is 0 Å². The highest BCUT2D eigenvalue weighted by atomic mass is 35.5. The average molecular weight is 418 g/mol. The number of pyridine rings is 1. The van der Waals surface area contributed by atoms with Crippen molar-refractivity contribution >= 4 is 35.0 Å². The fourth-order valence-corrected chi connectivity index (χ4v) is 3.64. The van der Waals surface area contributed by atoms with Gasteiger partial charge in [-0.2, -0.15) is 0 Å². The van der Waals surface area contributed by atoms with Gasteiger partial charge in [0.15, 0.2) is 11.6 Å². The normalized spacial score (nSPS) is 18.7. The molecule has 29 heavy (non-hydrogen) atoms. The van der Waals surface area contributed by atoms with Crippen LogP contribution in [-0.4, -0.2) is 23.0 Å². The first-order valence-corrected chi connectivity index (χ1v) is 9.47. The van der Waals surface area contributed by atoms with Crippen molar-refractivity contribution in [2.24, 2.45) is 0 Å². The van der Waals surface area contributed by atoms with Gasteiger partial charge in [0.25, 0.3) is 5.91 Å². The second kappa shape index (κ2) is 9.18. The number of nitrogens with zero attached hydrogens (tertiary/aromatic N) is 1. The van der Waals surface area contributed by atoms with Crippen LogP contribution in [0.2, 0.25) is 0 Å². The molecule has 0 saturated heterocycles. The standard InChI is InChI=1S/C22H21F2N3O.ClH/c23-18-11-5-15(13-19(18)24)22(28)26-17-9-7-16(8-10-17)25-21-12-6-14-3-1-2-4-20(14)27-21;/h1-6,11-13,16-17H,7-10H2,(H,25,27)(H,26,28);1H/t16-,17+;. The van der Waals surface area contributed by atoms with E-state index in [1.807, 2.05) is 30.3 Å². The highest BCUT2D eigenvalue weighted by Crippen LogP contribution is 2.23. The molecule has 2 aromatic carbocycles. The Bertz CT molecular complexity index is 1010. The summed E-state index contributed by atoms with van der Waals surface area (Å²) >= 11 is 0. The predicted octanol–water partition coefficient (Wildman–Crippen LogP) is 5.09. The lowest BCUT2D eigenvalue weighted by Crippen LogP contribution is -2.40. The number of benzene rings is 2. The molecule has 1 aliphatic rings. The monoisotopic (exact) mass is 417 g/mol. The van der Waals surface area contributed by atoms with Crippen LogP contribution < -0.4 is 10.6 Å². The number of para-hydroxylation sites is 1. The minimum Gasteiger partial charge on any atom is -0.367 e. The zero-order valence-corrected chi connectivity index (χ0v) is 16.5. The average Bonchev–Trinajstić information content (AvgIpc) is 2.71. The van der Waals surface area contributed by atoms with Crippen LogP contribution in [0.25, 0.3) is 10.9 Å². The minimum atomic E-state index is -1.01. The molecule has 0 atom stereocenters. The predicted molar refractivity (Wildman–Crippen MR) is 112 cm³/mol. The molecule has 1 heterocycles. The second-order valence-corrected chi connectivity index (χ2v) is 7.18. The molecular formula is C22H22ClF2N3O. The van der Waals surface area contributed by atoms with Gasteiger partial charge in [-0.05, 0) is 62.1 Å². The Kier molecular flexibility index (Phi) is 6.64. The number of rotatable bonds is 4. The topological polar surface area (TPSA) is 54.0 Å². The number of carbonyl (C=O) groups excluding carboxylic acids is 1. The molecule has 0 spiro atoms. The molecule has 3 aromatic rings. The zero-order chi connectivity index (χ0) is 19.5. The SMILES string of the molecule is Cl.O=C(N[C@H]1CC[C@@H](Nc2ccc3ccccc3n2)CC1)c1ccc(F)c(F)c1. The van der Waals surface area contributed by atoms with Crippen LogP contribution in [0.4, 0.5) is 14.6 Å². The van der Waals surface area contributed by atoms with Crippen LogP contribution in [0, 0.1) is 11.6 Å². The van der Waals surface area contributed by atoms with Crippen molar-refractivity contribution < 1.29 is 13.6 Å². The van der Waals surface area contributed by atoms with Crippen molar-refractivity contribution in [2.75, 3.05) is 5.32 Å². The Hall–Kier alpha value is -2.73. The fraction of sp³-hybridized carbons (Fsp3) is 0.273. The number of halogens is 3. The van der Waals surface area contributed by atoms with E-state index in [1.165, 1.54) is 6.07 Å². The van der Waals surface area contributed by atoms with E-state index in [-0.39, 0.29) is 29.9 Å². The summed E-state index contributed by atoms with van der Waals surface area (Å²) in [5, 5.41) is 7.50. The van der Waals surface area contributed by atoms with Gasteiger partial charge >= 0.3 is 0 Å². The van der Waals surface area contributed by atoms with Gasteiger partial charge in [-0.15, -0.1) is 12.4 Å². The number of anilines is 1. The Morgan fingerprint density at radius 3 is 2.38 bits per heavy atom. The Labute approximate surface area is 174 Å². The molecular weight excluding hydrogens is 396 g/mol. The fourth-order valence-electron chi connectivity index (χ4n) is 3.64. The first-order chi connectivity index (χ1) is 13.6. The summed E-state index contributed by atoms with van der Waals surface area (Å²) in [7, 11) is 0. The number of hydrogen-bond donors (Lipinski definition) is 2. The number of fused-ring (bicyclic) bond motifs is 1. The van der Waals surface area contributed by atoms with E-state index in [9.17, 15) is 13.6 Å². The van der Waals surface area contributed by atoms with Crippen LogP contribution >= 0.6 is 12.4 Å². The minimum absolute atomic E-state index is 0. The Balaban J connectivity index is 0.00000240. The van der Waals surface area contributed by atoms with E-state index in [0.717, 1.165) is 54.5 Å². The summed E-state index contributed by atoms with van der Waals surface area (Å²) in [6.07, 6.45) is 3.44. The molecule has 1 aromatic heterocycles. The molecule has 152 valence electrons. The van der Waals surface area contributed by atoms with Crippen LogP contribution in [0.3, 0.4) is 0 Å². The van der Waals surface area contributed by atoms with Gasteiger partial charge in [0.2, 0.25) is 0 Å². The van der Waals surface area contributed by atoms with Gasteiger partial charge in [0.05, 0.1) is 5.52 Å². The van der Waals surface area contributed by atoms with Crippen molar-refractivity contribution in [2.45, 2.75) is 37.8 Å². The smallest absolute Gasteiger partial charge is 0.251 e. The summed E-state index contributed by atoms with van der Waals surface area (Å²) in [5.41, 5.74) is 1.10. The summed E-state index contributed by atoms with van der Waals surface area (Å²) in [5.74, 6) is -1.48. The zero-order valence-electron chi connectivity index (χ0n) is 15.7. The van der Waals surface area contributed by atoms with Gasteiger partial charge in [0.1, 0.15) is 5.82 Å². The summed E-state index contributed by atoms with van der Waals surface area (Å²) in [6.45, 7) is 0. The Morgan fingerprint density at radius 2 is 1.62 bits per heavy atom. The lowest BCUT2D eigenvalue weighted by molar-refractivity contribution is 0.0926. The third kappa shape index (κ3) is 5.01. The maximum atomic E-state index is 13.3. The molecule has 4 rings (SSSR count). The first-order valence-electron chi connectivity index (χ1n) is 9.47. The van der Waals surface area contributed by atoms with Crippen LogP contribution in [-0.2, 0) is 0 Å². The van der Waals surface area contributed by atoms with Crippen molar-refractivity contribution in [3.63, 3.8) is 0 Å². The molecule has 4 nitrogen and oxygen atoms in total. The van der Waals surface area contributed by atoms with E-state index in [1.54, 1.807) is 0 Å². The van der Waals surface area contributed by atoms with Crippen molar-refractivity contribution in [1.82, 2.24) is 10.3 Å². The summed E-state index contributed by atoms with van der Waals surface area (Å²) in [6, 6.07) is 15.6. The quantitative estimate of drug-likeness (QED) is 0.621. The van der Waals surface area contributed by atoms with Gasteiger partial charge in [-0.25, -0.2) is 13.8 Å². The highest BCUT2D eigenvalue weighted by Gasteiger charge is 2.23. The molecule has 1 aliphatic carbocycles. The van der Waals surface area contributed by atoms with Gasteiger partial charge in [0, 0.05) is 23.0 Å². The second-order valence-electron chi connectivity index (χ2n) is 7.18. The molecule has 7 heteroatoms. The molecule has 0 unspecified atom stereocenters. The number of hydrogen-bond acceptors (Lipinski definition) is 3. The van der Waals surface area contributed by atoms with Gasteiger partial charge in [-0.1, -0.05) is 18.2 Å². The van der Waals surface area contributed by atoms with E-state index < -0.39 is 11.6 Å². The molecule has 2 N–H and O–H groups in total. The molecule has 0 bridgehead atoms. The molecule has 0 radical (unpaired) electrons. The van der Waals surface area contributed by atoms with E-state index in [2.05, 4.69) is 21.7 Å². The largest absolute Gasteiger partial charge is 0.367 e. The lowest BCUT2D eigenvalue weighted by atomic mass is 9.91. The number of carbonyl (C=O) groups is 1. The number of aromatic nitrogens is 1. The number of amides is 1. The van der Waals surface area contributed by atoms with Crippen LogP contribution in [0.15, 0.2) is 54.6 Å². The third-order valence-corrected chi connectivity index (χ3v) is 5.19. The van der Waals surface area contributed by atoms with Crippen LogP contribution in [0.1, 0.15) is 36.0 Å². The molecule has 1 amide bonds. The third-order valence-electron chi connectivity index (χ3n) is 5.19. The molecule has 1 saturated carbocycles. The van der Waals surface area contributed by atoms with Crippen molar-refractivity contribution in [3.05, 3.63) is 71.8 Å². The maximum Gasteiger partial charge on any atom is 0.251 e. The van der Waals surface area contributed by atoms with Gasteiger partial charge in [-0.3, -0.25) is 4.79 Å². The molecule has 0 aliphatic heterocycles. The summed E-state index contributed by atoms with van der Waals surface area (Å²) in [4.78, 5) is 16.9. The number of nitrogens with one attached hydrogen (secondary N) is 2. The lowest BCUT2D eigenvalue weighted by Gasteiger charge is -2.30.